The Bertz CT molecular complexity index is 801. The zero-order valence-corrected chi connectivity index (χ0v) is 14.6. The molecule has 1 unspecified atom stereocenters. The smallest absolute Gasteiger partial charge is 0.269 e. The van der Waals surface area contributed by atoms with Gasteiger partial charge in [-0.05, 0) is 36.1 Å². The zero-order chi connectivity index (χ0) is 18.4. The minimum absolute atomic E-state index is 0.0356. The largest absolute Gasteiger partial charge is 0.497 e. The molecular formula is C18H23N3O4. The molecule has 2 rings (SSSR count). The van der Waals surface area contributed by atoms with Crippen molar-refractivity contribution in [1.29, 1.82) is 0 Å². The number of hydrogen-bond donors (Lipinski definition) is 3. The number of rotatable bonds is 7. The lowest BCUT2D eigenvalue weighted by atomic mass is 10.0. The van der Waals surface area contributed by atoms with Crippen molar-refractivity contribution >= 4 is 5.91 Å². The van der Waals surface area contributed by atoms with Crippen LogP contribution in [0.4, 0.5) is 0 Å². The molecule has 1 amide bonds. The first-order chi connectivity index (χ1) is 12.0. The van der Waals surface area contributed by atoms with Gasteiger partial charge in [-0.15, -0.1) is 0 Å². The summed E-state index contributed by atoms with van der Waals surface area (Å²) >= 11 is 0. The topological polar surface area (TPSA) is 104 Å². The number of methoxy groups -OCH3 is 1. The number of hydrogen-bond acceptors (Lipinski definition) is 5. The fourth-order valence-corrected chi connectivity index (χ4v) is 2.70. The van der Waals surface area contributed by atoms with Gasteiger partial charge in [-0.2, -0.15) is 5.10 Å². The van der Waals surface area contributed by atoms with E-state index in [0.29, 0.717) is 29.7 Å². The molecule has 0 saturated heterocycles. The van der Waals surface area contributed by atoms with Crippen LogP contribution in [0.1, 0.15) is 42.3 Å². The Morgan fingerprint density at radius 3 is 2.72 bits per heavy atom. The number of carbonyl (C=O) groups excluding carboxylic acids is 1. The van der Waals surface area contributed by atoms with E-state index in [-0.39, 0.29) is 12.1 Å². The average molecular weight is 345 g/mol. The van der Waals surface area contributed by atoms with Crippen LogP contribution in [0.3, 0.4) is 0 Å². The number of amides is 1. The summed E-state index contributed by atoms with van der Waals surface area (Å²) in [5.74, 6) is -0.0275. The maximum Gasteiger partial charge on any atom is 0.269 e. The van der Waals surface area contributed by atoms with E-state index in [0.717, 1.165) is 11.3 Å². The van der Waals surface area contributed by atoms with E-state index in [1.807, 2.05) is 13.8 Å². The molecule has 3 N–H and O–H groups in total. The first-order valence-electron chi connectivity index (χ1n) is 8.20. The van der Waals surface area contributed by atoms with Gasteiger partial charge in [-0.1, -0.05) is 26.0 Å². The normalized spacial score (nSPS) is 11.8. The molecular weight excluding hydrogens is 322 g/mol. The highest BCUT2D eigenvalue weighted by Crippen LogP contribution is 2.19. The minimum Gasteiger partial charge on any atom is -0.497 e. The Kier molecular flexibility index (Phi) is 6.30. The van der Waals surface area contributed by atoms with Crippen molar-refractivity contribution in [3.8, 4) is 5.75 Å². The number of aryl methyl sites for hydroxylation is 1. The fourth-order valence-electron chi connectivity index (χ4n) is 2.70. The van der Waals surface area contributed by atoms with Crippen molar-refractivity contribution in [2.24, 2.45) is 0 Å². The number of ether oxygens (including phenoxy) is 1. The van der Waals surface area contributed by atoms with Crippen LogP contribution in [-0.4, -0.2) is 28.3 Å². The summed E-state index contributed by atoms with van der Waals surface area (Å²) in [6.07, 6.45) is -0.0106. The van der Waals surface area contributed by atoms with Crippen LogP contribution in [-0.2, 0) is 24.2 Å². The summed E-state index contributed by atoms with van der Waals surface area (Å²) in [5, 5.41) is 19.3. The molecule has 0 spiro atoms. The molecule has 0 fully saturated rings. The van der Waals surface area contributed by atoms with Crippen molar-refractivity contribution in [2.75, 3.05) is 7.11 Å². The molecule has 0 aliphatic carbocycles. The van der Waals surface area contributed by atoms with E-state index in [1.54, 1.807) is 24.3 Å². The first-order valence-corrected chi connectivity index (χ1v) is 8.20. The summed E-state index contributed by atoms with van der Waals surface area (Å²) in [6, 6.07) is 6.65. The standard InChI is InChI=1S/C18H23N3O4/c1-4-13-14(17(23)21-20-15(13)5-2)10-19-18(24)16(22)11-7-6-8-12(9-11)25-3/h6-9,16,22H,4-5,10H2,1-3H3,(H,19,24)(H,21,23). The predicted octanol–water partition coefficient (Wildman–Crippen LogP) is 1.25. The summed E-state index contributed by atoms with van der Waals surface area (Å²) in [7, 11) is 1.51. The summed E-state index contributed by atoms with van der Waals surface area (Å²) in [6.45, 7) is 3.93. The molecule has 0 saturated carbocycles. The molecule has 7 heteroatoms. The summed E-state index contributed by atoms with van der Waals surface area (Å²) in [4.78, 5) is 24.3. The highest BCUT2D eigenvalue weighted by Gasteiger charge is 2.19. The number of H-pyrrole nitrogens is 1. The quantitative estimate of drug-likeness (QED) is 0.701. The monoisotopic (exact) mass is 345 g/mol. The van der Waals surface area contributed by atoms with E-state index < -0.39 is 12.0 Å². The molecule has 2 aromatic rings. The second kappa shape index (κ2) is 8.43. The highest BCUT2D eigenvalue weighted by molar-refractivity contribution is 5.82. The molecule has 0 aliphatic heterocycles. The second-order valence-electron chi connectivity index (χ2n) is 5.56. The first kappa shape index (κ1) is 18.7. The van der Waals surface area contributed by atoms with Gasteiger partial charge in [0, 0.05) is 12.1 Å². The van der Waals surface area contributed by atoms with Crippen LogP contribution in [0.5, 0.6) is 5.75 Å². The Labute approximate surface area is 146 Å². The highest BCUT2D eigenvalue weighted by atomic mass is 16.5. The lowest BCUT2D eigenvalue weighted by Crippen LogP contribution is -2.32. The number of aromatic nitrogens is 2. The molecule has 0 radical (unpaired) electrons. The molecule has 1 aromatic carbocycles. The maximum absolute atomic E-state index is 12.3. The molecule has 25 heavy (non-hydrogen) atoms. The van der Waals surface area contributed by atoms with Crippen molar-refractivity contribution < 1.29 is 14.6 Å². The number of nitrogens with one attached hydrogen (secondary N) is 2. The van der Waals surface area contributed by atoms with Gasteiger partial charge in [0.05, 0.1) is 12.8 Å². The number of aliphatic hydroxyl groups excluding tert-OH is 1. The van der Waals surface area contributed by atoms with E-state index in [4.69, 9.17) is 4.74 Å². The molecule has 0 bridgehead atoms. The van der Waals surface area contributed by atoms with Gasteiger partial charge in [-0.3, -0.25) is 9.59 Å². The lowest BCUT2D eigenvalue weighted by Gasteiger charge is -2.14. The van der Waals surface area contributed by atoms with E-state index >= 15 is 0 Å². The van der Waals surface area contributed by atoms with Crippen molar-refractivity contribution in [1.82, 2.24) is 15.5 Å². The van der Waals surface area contributed by atoms with Crippen molar-refractivity contribution in [3.63, 3.8) is 0 Å². The third kappa shape index (κ3) is 4.24. The zero-order valence-electron chi connectivity index (χ0n) is 14.6. The SMILES string of the molecule is CCc1n[nH]c(=O)c(CNC(=O)C(O)c2cccc(OC)c2)c1CC. The molecule has 134 valence electrons. The van der Waals surface area contributed by atoms with Gasteiger partial charge in [0.2, 0.25) is 0 Å². The molecule has 0 aliphatic rings. The van der Waals surface area contributed by atoms with Crippen LogP contribution in [0.2, 0.25) is 0 Å². The van der Waals surface area contributed by atoms with Crippen LogP contribution in [0.25, 0.3) is 0 Å². The molecule has 1 heterocycles. The van der Waals surface area contributed by atoms with Crippen molar-refractivity contribution in [3.05, 3.63) is 57.0 Å². The third-order valence-electron chi connectivity index (χ3n) is 4.06. The fraction of sp³-hybridized carbons (Fsp3) is 0.389. The van der Waals surface area contributed by atoms with Crippen molar-refractivity contribution in [2.45, 2.75) is 39.3 Å². The number of aliphatic hydroxyl groups is 1. The van der Waals surface area contributed by atoms with Gasteiger partial charge < -0.3 is 15.2 Å². The lowest BCUT2D eigenvalue weighted by molar-refractivity contribution is -0.129. The van der Waals surface area contributed by atoms with E-state index in [2.05, 4.69) is 15.5 Å². The van der Waals surface area contributed by atoms with E-state index in [9.17, 15) is 14.7 Å². The van der Waals surface area contributed by atoms with Crippen LogP contribution < -0.4 is 15.6 Å². The Morgan fingerprint density at radius 2 is 2.08 bits per heavy atom. The van der Waals surface area contributed by atoms with Gasteiger partial charge in [0.25, 0.3) is 11.5 Å². The van der Waals surface area contributed by atoms with E-state index in [1.165, 1.54) is 7.11 Å². The number of benzene rings is 1. The average Bonchev–Trinajstić information content (AvgIpc) is 2.65. The number of nitrogens with zero attached hydrogens (tertiary/aromatic N) is 1. The van der Waals surface area contributed by atoms with Crippen LogP contribution in [0.15, 0.2) is 29.1 Å². The Balaban J connectivity index is 2.15. The van der Waals surface area contributed by atoms with Gasteiger partial charge >= 0.3 is 0 Å². The van der Waals surface area contributed by atoms with Gasteiger partial charge in [0.1, 0.15) is 5.75 Å². The Hall–Kier alpha value is -2.67. The molecule has 7 nitrogen and oxygen atoms in total. The number of aromatic amines is 1. The Morgan fingerprint density at radius 1 is 1.32 bits per heavy atom. The predicted molar refractivity (Wildman–Crippen MR) is 93.4 cm³/mol. The third-order valence-corrected chi connectivity index (χ3v) is 4.06. The number of carbonyl (C=O) groups is 1. The summed E-state index contributed by atoms with van der Waals surface area (Å²) in [5.41, 5.74) is 2.21. The van der Waals surface area contributed by atoms with Crippen LogP contribution in [0, 0.1) is 0 Å². The van der Waals surface area contributed by atoms with Gasteiger partial charge in [0.15, 0.2) is 6.10 Å². The summed E-state index contributed by atoms with van der Waals surface area (Å²) < 4.78 is 5.09. The van der Waals surface area contributed by atoms with Gasteiger partial charge in [-0.25, -0.2) is 5.10 Å². The minimum atomic E-state index is -1.34. The van der Waals surface area contributed by atoms with Crippen LogP contribution >= 0.6 is 0 Å². The molecule has 1 atom stereocenters. The molecule has 1 aromatic heterocycles. The second-order valence-corrected chi connectivity index (χ2v) is 5.56. The maximum atomic E-state index is 12.3.